The van der Waals surface area contributed by atoms with Crippen molar-refractivity contribution in [2.45, 2.75) is 271 Å². The summed E-state index contributed by atoms with van der Waals surface area (Å²) in [6.07, 6.45) is 20.2. The molecule has 0 aliphatic heterocycles. The van der Waals surface area contributed by atoms with E-state index in [1.807, 2.05) is 48.5 Å². The molecule has 10 heteroatoms. The second kappa shape index (κ2) is 59.7. The maximum Gasteiger partial charge on any atom is 0.0647 e. The summed E-state index contributed by atoms with van der Waals surface area (Å²) in [7, 11) is 0. The van der Waals surface area contributed by atoms with Gasteiger partial charge in [-0.3, -0.25) is 0 Å². The Balaban J connectivity index is -0.0000000944. The molecule has 1 aliphatic carbocycles. The summed E-state index contributed by atoms with van der Waals surface area (Å²) in [6.45, 7) is 40.8. The lowest BCUT2D eigenvalue weighted by Crippen LogP contribution is -2.30. The normalized spacial score (nSPS) is 14.6. The van der Waals surface area contributed by atoms with Crippen molar-refractivity contribution in [2.24, 2.45) is 40.9 Å². The van der Waals surface area contributed by atoms with Crippen LogP contribution in [0.4, 0.5) is 0 Å². The molecule has 0 aromatic heterocycles. The van der Waals surface area contributed by atoms with Crippen molar-refractivity contribution < 1.29 is 51.1 Å². The van der Waals surface area contributed by atoms with Crippen LogP contribution in [-0.2, 0) is 0 Å². The van der Waals surface area contributed by atoms with Gasteiger partial charge < -0.3 is 51.1 Å². The van der Waals surface area contributed by atoms with Crippen molar-refractivity contribution >= 4 is 0 Å². The standard InChI is InChI=1S/C9H18O.C8H18O.C7H16O.2C6H14O.C5H12O2.2C5H12O.C4H10O/c1-2-6-9(10)7-4-3-5-8-9;1-4-8(6-9)5-7(2)3;1-4-7(5-8)6(2)3;1-4-6(2,3)5-7;1-4-5-6(2,3)7;1-2-5(3-6)4-7;1-3-5(2)4-6;1-3-4-5(2)6;1-2-3-4-5/h10H,2-8H2,1H3;7-9H,4-6H2,1-3H3;6-8H,4-5H2,1-3H3;2*7H,4-5H2,1-3H3;5-7H,2-4H2,1H3;2*5-6H,3-4H2,1-2H3;5H,2-4H2,1H3. The molecule has 0 aromatic rings. The lowest BCUT2D eigenvalue weighted by molar-refractivity contribution is -0.00428. The van der Waals surface area contributed by atoms with E-state index >= 15 is 0 Å². The van der Waals surface area contributed by atoms with Crippen molar-refractivity contribution in [1.82, 2.24) is 0 Å². The maximum absolute atomic E-state index is 9.87. The van der Waals surface area contributed by atoms with E-state index in [2.05, 4.69) is 83.1 Å². The van der Waals surface area contributed by atoms with Crippen LogP contribution in [0.3, 0.4) is 0 Å². The molecule has 0 radical (unpaired) electrons. The molecule has 4 atom stereocenters. The van der Waals surface area contributed by atoms with Crippen LogP contribution in [0.25, 0.3) is 0 Å². The van der Waals surface area contributed by atoms with Crippen LogP contribution in [-0.4, -0.2) is 115 Å². The van der Waals surface area contributed by atoms with Gasteiger partial charge in [-0.25, -0.2) is 0 Å². The predicted octanol–water partition coefficient (Wildman–Crippen LogP) is 12.1. The maximum atomic E-state index is 9.87. The molecular weight excluding hydrogens is 821 g/mol. The fourth-order valence-corrected chi connectivity index (χ4v) is 5.52. The van der Waals surface area contributed by atoms with Gasteiger partial charge in [-0.1, -0.05) is 175 Å². The van der Waals surface area contributed by atoms with Gasteiger partial charge in [0.25, 0.3) is 0 Å². The Morgan fingerprint density at radius 3 is 1.12 bits per heavy atom. The third kappa shape index (κ3) is 81.0. The zero-order chi connectivity index (χ0) is 52.9. The first-order valence-electron chi connectivity index (χ1n) is 26.6. The van der Waals surface area contributed by atoms with Gasteiger partial charge in [0.05, 0.1) is 17.3 Å². The van der Waals surface area contributed by atoms with Crippen LogP contribution in [0, 0.1) is 40.9 Å². The molecular formula is C55H126O10. The van der Waals surface area contributed by atoms with E-state index in [1.165, 1.54) is 19.3 Å². The Morgan fingerprint density at radius 2 is 1.03 bits per heavy atom. The third-order valence-electron chi connectivity index (χ3n) is 11.4. The molecule has 10 nitrogen and oxygen atoms in total. The largest absolute Gasteiger partial charge is 0.396 e. The second-order valence-electron chi connectivity index (χ2n) is 20.5. The number of hydrogen-bond acceptors (Lipinski definition) is 10. The molecule has 406 valence electrons. The van der Waals surface area contributed by atoms with Crippen LogP contribution < -0.4 is 0 Å². The Labute approximate surface area is 407 Å². The van der Waals surface area contributed by atoms with Crippen LogP contribution in [0.1, 0.15) is 254 Å². The number of rotatable bonds is 22. The van der Waals surface area contributed by atoms with E-state index < -0.39 is 5.60 Å². The molecule has 0 bridgehead atoms. The first-order chi connectivity index (χ1) is 30.2. The second-order valence-corrected chi connectivity index (χ2v) is 20.5. The summed E-state index contributed by atoms with van der Waals surface area (Å²) < 4.78 is 0. The van der Waals surface area contributed by atoms with Crippen LogP contribution in [0.2, 0.25) is 0 Å². The number of aliphatic hydroxyl groups excluding tert-OH is 8. The highest BCUT2D eigenvalue weighted by atomic mass is 16.3. The number of hydrogen-bond donors (Lipinski definition) is 10. The van der Waals surface area contributed by atoms with Crippen molar-refractivity contribution in [3.63, 3.8) is 0 Å². The highest BCUT2D eigenvalue weighted by Gasteiger charge is 2.27. The summed E-state index contributed by atoms with van der Waals surface area (Å²) in [5.41, 5.74) is -0.582. The van der Waals surface area contributed by atoms with E-state index in [0.717, 1.165) is 109 Å². The molecule has 1 saturated carbocycles. The highest BCUT2D eigenvalue weighted by molar-refractivity contribution is 4.81. The summed E-state index contributed by atoms with van der Waals surface area (Å²) in [4.78, 5) is 0. The van der Waals surface area contributed by atoms with Crippen molar-refractivity contribution in [1.29, 1.82) is 0 Å². The summed E-state index contributed by atoms with van der Waals surface area (Å²) >= 11 is 0. The topological polar surface area (TPSA) is 202 Å². The fourth-order valence-electron chi connectivity index (χ4n) is 5.52. The minimum absolute atomic E-state index is 0.0972. The van der Waals surface area contributed by atoms with Gasteiger partial charge in [0.2, 0.25) is 0 Å². The SMILES string of the molecule is CCC(C)(C)CO.CCC(C)CO.CCC(CO)C(C)C.CCC(CO)CC(C)C.CCC(CO)CO.CCCC(C)(C)O.CCCC(C)O.CCCC1(O)CCCCC1.CCCCO. The summed E-state index contributed by atoms with van der Waals surface area (Å²) in [6, 6.07) is 0. The van der Waals surface area contributed by atoms with Crippen LogP contribution in [0.15, 0.2) is 0 Å². The van der Waals surface area contributed by atoms with Gasteiger partial charge in [0, 0.05) is 52.2 Å². The van der Waals surface area contributed by atoms with Crippen molar-refractivity contribution in [2.75, 3.05) is 46.2 Å². The van der Waals surface area contributed by atoms with E-state index in [1.54, 1.807) is 0 Å². The molecule has 0 spiro atoms. The van der Waals surface area contributed by atoms with Crippen molar-refractivity contribution in [3.8, 4) is 0 Å². The lowest BCUT2D eigenvalue weighted by Gasteiger charge is -2.31. The van der Waals surface area contributed by atoms with Crippen molar-refractivity contribution in [3.05, 3.63) is 0 Å². The Kier molecular flexibility index (Phi) is 74.9. The summed E-state index contributed by atoms with van der Waals surface area (Å²) in [5, 5.41) is 86.6. The molecule has 4 unspecified atom stereocenters. The minimum atomic E-state index is -0.450. The smallest absolute Gasteiger partial charge is 0.0647 e. The zero-order valence-electron chi connectivity index (χ0n) is 47.4. The molecule has 10 N–H and O–H groups in total. The van der Waals surface area contributed by atoms with Gasteiger partial charge >= 0.3 is 0 Å². The van der Waals surface area contributed by atoms with Gasteiger partial charge in [0.15, 0.2) is 0 Å². The van der Waals surface area contributed by atoms with Gasteiger partial charge in [-0.2, -0.15) is 0 Å². The quantitative estimate of drug-likeness (QED) is 0.0498. The Morgan fingerprint density at radius 1 is 0.554 bits per heavy atom. The molecule has 0 saturated heterocycles. The zero-order valence-corrected chi connectivity index (χ0v) is 47.4. The minimum Gasteiger partial charge on any atom is -0.396 e. The number of aliphatic hydroxyl groups is 10. The van der Waals surface area contributed by atoms with Crippen LogP contribution in [0.5, 0.6) is 0 Å². The van der Waals surface area contributed by atoms with Gasteiger partial charge in [-0.05, 0) is 114 Å². The predicted molar refractivity (Wildman–Crippen MR) is 284 cm³/mol. The first-order valence-corrected chi connectivity index (χ1v) is 26.6. The first kappa shape index (κ1) is 81.6. The third-order valence-corrected chi connectivity index (χ3v) is 11.4. The molecule has 1 aliphatic rings. The average Bonchev–Trinajstić information content (AvgIpc) is 3.25. The monoisotopic (exact) mass is 947 g/mol. The summed E-state index contributed by atoms with van der Waals surface area (Å²) in [5.74, 6) is 2.98. The Bertz CT molecular complexity index is 761. The van der Waals surface area contributed by atoms with E-state index in [9.17, 15) is 5.11 Å². The molecule has 65 heavy (non-hydrogen) atoms. The highest BCUT2D eigenvalue weighted by Crippen LogP contribution is 2.31. The lowest BCUT2D eigenvalue weighted by atomic mass is 9.82. The van der Waals surface area contributed by atoms with E-state index in [-0.39, 0.29) is 36.3 Å². The number of unbranched alkanes of at least 4 members (excludes halogenated alkanes) is 1. The van der Waals surface area contributed by atoms with Gasteiger partial charge in [0.1, 0.15) is 0 Å². The fraction of sp³-hybridized carbons (Fsp3) is 1.00. The Hall–Kier alpha value is -0.400. The van der Waals surface area contributed by atoms with Crippen LogP contribution >= 0.6 is 0 Å². The average molecular weight is 948 g/mol. The van der Waals surface area contributed by atoms with E-state index in [4.69, 9.17) is 46.0 Å². The molecule has 1 fully saturated rings. The molecule has 1 rings (SSSR count). The molecule has 0 aromatic carbocycles. The van der Waals surface area contributed by atoms with E-state index in [0.29, 0.717) is 56.7 Å². The van der Waals surface area contributed by atoms with Gasteiger partial charge in [-0.15, -0.1) is 0 Å². The molecule has 0 amide bonds. The molecule has 0 heterocycles.